The van der Waals surface area contributed by atoms with Gasteiger partial charge in [0.05, 0.1) is 56.9 Å². The molecule has 9 atom stereocenters. The predicted octanol–water partition coefficient (Wildman–Crippen LogP) is -0.0861. The van der Waals surface area contributed by atoms with Gasteiger partial charge in [-0.25, -0.2) is 37.7 Å². The van der Waals surface area contributed by atoms with E-state index >= 15 is 0 Å². The fourth-order valence-electron chi connectivity index (χ4n) is 5.95. The standard InChI is InChI=1S/C26H35N3O10/c1-13(22(30)36-10-15-3-5-18-20(7-15)38-18)28-24(32)27(9-17-12-35-17)25(33)29(26(28)34)14(2)23(31)37-11-16-4-6-19-21(8-16)39-19/h13-21H,3-12H2,1-2H3. The lowest BCUT2D eigenvalue weighted by molar-refractivity contribution is -0.149. The highest BCUT2D eigenvalue weighted by atomic mass is 16.6. The van der Waals surface area contributed by atoms with Crippen molar-refractivity contribution >= 4 is 11.9 Å². The van der Waals surface area contributed by atoms with Gasteiger partial charge in [0, 0.05) is 0 Å². The zero-order chi connectivity index (χ0) is 27.4. The van der Waals surface area contributed by atoms with Crippen LogP contribution >= 0.6 is 0 Å². The second-order valence-corrected chi connectivity index (χ2v) is 11.5. The Kier molecular flexibility index (Phi) is 7.00. The second-order valence-electron chi connectivity index (χ2n) is 11.5. The van der Waals surface area contributed by atoms with Crippen LogP contribution in [0.2, 0.25) is 0 Å². The fourth-order valence-corrected chi connectivity index (χ4v) is 5.95. The minimum Gasteiger partial charge on any atom is -0.464 e. The van der Waals surface area contributed by atoms with Gasteiger partial charge in [0.15, 0.2) is 0 Å². The third-order valence-electron chi connectivity index (χ3n) is 8.68. The quantitative estimate of drug-likeness (QED) is 0.286. The lowest BCUT2D eigenvalue weighted by Gasteiger charge is -2.23. The van der Waals surface area contributed by atoms with Crippen LogP contribution in [0.5, 0.6) is 0 Å². The molecule has 9 unspecified atom stereocenters. The van der Waals surface area contributed by atoms with E-state index < -0.39 is 41.1 Å². The first-order valence-electron chi connectivity index (χ1n) is 13.9. The van der Waals surface area contributed by atoms with Crippen LogP contribution in [0.15, 0.2) is 14.4 Å². The Morgan fingerprint density at radius 1 is 0.769 bits per heavy atom. The summed E-state index contributed by atoms with van der Waals surface area (Å²) in [6.07, 6.45) is 5.92. The number of carbonyl (C=O) groups is 2. The molecule has 3 saturated heterocycles. The van der Waals surface area contributed by atoms with Gasteiger partial charge in [-0.15, -0.1) is 0 Å². The molecular formula is C26H35N3O10. The molecule has 0 spiro atoms. The number of hydrogen-bond donors (Lipinski definition) is 0. The first-order valence-corrected chi connectivity index (χ1v) is 13.9. The number of nitrogens with zero attached hydrogens (tertiary/aromatic N) is 3. The van der Waals surface area contributed by atoms with E-state index in [0.717, 1.165) is 43.1 Å². The summed E-state index contributed by atoms with van der Waals surface area (Å²) in [4.78, 5) is 66.0. The average Bonchev–Trinajstić information content (AvgIpc) is 3.79. The van der Waals surface area contributed by atoms with E-state index in [1.165, 1.54) is 13.8 Å². The summed E-state index contributed by atoms with van der Waals surface area (Å²) in [6.45, 7) is 3.32. The van der Waals surface area contributed by atoms with Gasteiger partial charge in [0.1, 0.15) is 12.1 Å². The molecule has 0 radical (unpaired) electrons. The molecule has 3 aliphatic heterocycles. The molecule has 13 nitrogen and oxygen atoms in total. The van der Waals surface area contributed by atoms with Crippen LogP contribution in [0.4, 0.5) is 0 Å². The Morgan fingerprint density at radius 3 is 1.64 bits per heavy atom. The Labute approximate surface area is 223 Å². The third kappa shape index (κ3) is 5.48. The summed E-state index contributed by atoms with van der Waals surface area (Å²) in [6, 6.07) is -2.62. The molecule has 6 rings (SSSR count). The zero-order valence-electron chi connectivity index (χ0n) is 22.2. The van der Waals surface area contributed by atoms with Crippen molar-refractivity contribution in [2.24, 2.45) is 11.8 Å². The maximum absolute atomic E-state index is 13.5. The van der Waals surface area contributed by atoms with E-state index in [2.05, 4.69) is 0 Å². The van der Waals surface area contributed by atoms with E-state index in [0.29, 0.717) is 27.9 Å². The smallest absolute Gasteiger partial charge is 0.337 e. The molecule has 0 bridgehead atoms. The normalized spacial score (nSPS) is 33.7. The van der Waals surface area contributed by atoms with Crippen molar-refractivity contribution in [1.29, 1.82) is 0 Å². The van der Waals surface area contributed by atoms with E-state index in [9.17, 15) is 24.0 Å². The minimum absolute atomic E-state index is 0.100. The Balaban J connectivity index is 1.20. The van der Waals surface area contributed by atoms with Gasteiger partial charge in [0.2, 0.25) is 0 Å². The van der Waals surface area contributed by atoms with Crippen molar-refractivity contribution in [2.75, 3.05) is 19.8 Å². The molecule has 5 fully saturated rings. The van der Waals surface area contributed by atoms with Gasteiger partial charge in [-0.1, -0.05) is 0 Å². The number of rotatable bonds is 10. The number of aromatic nitrogens is 3. The first-order chi connectivity index (χ1) is 18.7. The van der Waals surface area contributed by atoms with Crippen molar-refractivity contribution < 1.29 is 33.3 Å². The van der Waals surface area contributed by atoms with Gasteiger partial charge in [-0.05, 0) is 64.2 Å². The van der Waals surface area contributed by atoms with Crippen molar-refractivity contribution in [3.63, 3.8) is 0 Å². The fraction of sp³-hybridized carbons (Fsp3) is 0.808. The maximum atomic E-state index is 13.5. The van der Waals surface area contributed by atoms with E-state index in [1.54, 1.807) is 0 Å². The summed E-state index contributed by atoms with van der Waals surface area (Å²) in [5, 5.41) is 0. The summed E-state index contributed by atoms with van der Waals surface area (Å²) >= 11 is 0. The molecule has 2 aliphatic carbocycles. The SMILES string of the molecule is CC(C(=O)OCC1CCC2OC2C1)n1c(=O)n(CC2CO2)c(=O)n(C(C)C(=O)OCC2CCC3OC3C2)c1=O. The largest absolute Gasteiger partial charge is 0.464 e. The Bertz CT molecular complexity index is 1220. The summed E-state index contributed by atoms with van der Waals surface area (Å²) in [5.41, 5.74) is -2.96. The zero-order valence-corrected chi connectivity index (χ0v) is 22.2. The summed E-state index contributed by atoms with van der Waals surface area (Å²) in [7, 11) is 0. The molecule has 1 aromatic heterocycles. The van der Waals surface area contributed by atoms with Gasteiger partial charge >= 0.3 is 29.0 Å². The van der Waals surface area contributed by atoms with Gasteiger partial charge < -0.3 is 23.7 Å². The lowest BCUT2D eigenvalue weighted by Crippen LogP contribution is -2.58. The molecule has 39 heavy (non-hydrogen) atoms. The molecular weight excluding hydrogens is 514 g/mol. The minimum atomic E-state index is -1.31. The molecule has 214 valence electrons. The van der Waals surface area contributed by atoms with Crippen molar-refractivity contribution in [3.05, 3.63) is 31.5 Å². The number of ether oxygens (including phenoxy) is 5. The number of esters is 2. The van der Waals surface area contributed by atoms with Crippen LogP contribution in [0.25, 0.3) is 0 Å². The number of fused-ring (bicyclic) bond motifs is 2. The van der Waals surface area contributed by atoms with Crippen LogP contribution < -0.4 is 17.1 Å². The van der Waals surface area contributed by atoms with E-state index in [-0.39, 0.29) is 49.9 Å². The molecule has 1 aromatic rings. The van der Waals surface area contributed by atoms with Crippen LogP contribution in [0.3, 0.4) is 0 Å². The predicted molar refractivity (Wildman–Crippen MR) is 132 cm³/mol. The maximum Gasteiger partial charge on any atom is 0.337 e. The molecule has 0 aromatic carbocycles. The molecule has 4 heterocycles. The molecule has 2 saturated carbocycles. The van der Waals surface area contributed by atoms with Gasteiger partial charge in [-0.2, -0.15) is 0 Å². The first kappa shape index (κ1) is 26.5. The molecule has 5 aliphatic rings. The highest BCUT2D eigenvalue weighted by Gasteiger charge is 2.45. The van der Waals surface area contributed by atoms with Crippen molar-refractivity contribution in [2.45, 2.75) is 102 Å². The molecule has 0 N–H and O–H groups in total. The summed E-state index contributed by atoms with van der Waals surface area (Å²) < 4.78 is 29.4. The van der Waals surface area contributed by atoms with Crippen LogP contribution in [0.1, 0.15) is 64.5 Å². The van der Waals surface area contributed by atoms with Crippen LogP contribution in [-0.4, -0.2) is 76.0 Å². The number of epoxide rings is 3. The number of carbonyl (C=O) groups excluding carboxylic acids is 2. The van der Waals surface area contributed by atoms with E-state index in [4.69, 9.17) is 23.7 Å². The third-order valence-corrected chi connectivity index (χ3v) is 8.68. The topological polar surface area (TPSA) is 156 Å². The molecule has 13 heteroatoms. The van der Waals surface area contributed by atoms with Crippen molar-refractivity contribution in [1.82, 2.24) is 13.7 Å². The van der Waals surface area contributed by atoms with Gasteiger partial charge in [0.25, 0.3) is 0 Å². The number of hydrogen-bond acceptors (Lipinski definition) is 10. The summed E-state index contributed by atoms with van der Waals surface area (Å²) in [5.74, 6) is -1.23. The highest BCUT2D eigenvalue weighted by Crippen LogP contribution is 2.40. The average molecular weight is 550 g/mol. The lowest BCUT2D eigenvalue weighted by atomic mass is 9.90. The monoisotopic (exact) mass is 549 g/mol. The highest BCUT2D eigenvalue weighted by molar-refractivity contribution is 5.74. The molecule has 0 amide bonds. The van der Waals surface area contributed by atoms with Crippen LogP contribution in [0, 0.1) is 11.8 Å². The van der Waals surface area contributed by atoms with Crippen LogP contribution in [-0.2, 0) is 39.8 Å². The second kappa shape index (κ2) is 10.3. The Morgan fingerprint density at radius 2 is 1.23 bits per heavy atom. The van der Waals surface area contributed by atoms with E-state index in [1.807, 2.05) is 0 Å². The Hall–Kier alpha value is -2.77. The van der Waals surface area contributed by atoms with Crippen molar-refractivity contribution in [3.8, 4) is 0 Å². The van der Waals surface area contributed by atoms with Gasteiger partial charge in [-0.3, -0.25) is 0 Å².